The Kier molecular flexibility index (Phi) is 4.86. The zero-order valence-electron chi connectivity index (χ0n) is 16.2. The lowest BCUT2D eigenvalue weighted by Gasteiger charge is -2.21. The number of hydrogen-bond donors (Lipinski definition) is 1. The molecule has 28 heavy (non-hydrogen) atoms. The Morgan fingerprint density at radius 3 is 2.79 bits per heavy atom. The second kappa shape index (κ2) is 7.46. The lowest BCUT2D eigenvalue weighted by molar-refractivity contribution is 0.0942. The molecule has 2 aromatic heterocycles. The molecular weight excluding hydrogens is 352 g/mol. The Bertz CT molecular complexity index is 1040. The maximum Gasteiger partial charge on any atom is 0.287 e. The van der Waals surface area contributed by atoms with E-state index < -0.39 is 0 Å². The van der Waals surface area contributed by atoms with Gasteiger partial charge in [0.25, 0.3) is 11.8 Å². The van der Waals surface area contributed by atoms with E-state index in [-0.39, 0.29) is 23.7 Å². The predicted octanol–water partition coefficient (Wildman–Crippen LogP) is 3.46. The fourth-order valence-electron chi connectivity index (χ4n) is 3.80. The molecule has 0 bridgehead atoms. The van der Waals surface area contributed by atoms with Crippen molar-refractivity contribution in [2.75, 3.05) is 11.4 Å². The van der Waals surface area contributed by atoms with Crippen LogP contribution in [0.3, 0.4) is 0 Å². The van der Waals surface area contributed by atoms with Gasteiger partial charge in [-0.25, -0.2) is 4.98 Å². The van der Waals surface area contributed by atoms with Crippen LogP contribution in [0.2, 0.25) is 0 Å². The van der Waals surface area contributed by atoms with Gasteiger partial charge in [0.15, 0.2) is 5.69 Å². The summed E-state index contributed by atoms with van der Waals surface area (Å²) in [6, 6.07) is 13.5. The maximum absolute atomic E-state index is 13.4. The van der Waals surface area contributed by atoms with Gasteiger partial charge in [0, 0.05) is 24.5 Å². The molecule has 0 spiro atoms. The number of pyridine rings is 1. The van der Waals surface area contributed by atoms with E-state index in [0.717, 1.165) is 30.5 Å². The van der Waals surface area contributed by atoms with Crippen LogP contribution in [-0.4, -0.2) is 33.8 Å². The molecule has 144 valence electrons. The van der Waals surface area contributed by atoms with Gasteiger partial charge in [-0.2, -0.15) is 0 Å². The lowest BCUT2D eigenvalue weighted by atomic mass is 10.1. The molecule has 1 aliphatic heterocycles. The second-order valence-electron chi connectivity index (χ2n) is 7.21. The minimum absolute atomic E-state index is 0.0483. The first kappa shape index (κ1) is 18.2. The molecular formula is C22H24N4O2. The number of carbonyl (C=O) groups excluding carboxylic acids is 2. The monoisotopic (exact) mass is 376 g/mol. The molecule has 0 fully saturated rings. The molecule has 3 aromatic rings. The van der Waals surface area contributed by atoms with Gasteiger partial charge in [-0.1, -0.05) is 37.6 Å². The quantitative estimate of drug-likeness (QED) is 0.694. The summed E-state index contributed by atoms with van der Waals surface area (Å²) in [4.78, 5) is 32.4. The van der Waals surface area contributed by atoms with Crippen LogP contribution in [0.25, 0.3) is 5.52 Å². The van der Waals surface area contributed by atoms with Crippen molar-refractivity contribution in [3.63, 3.8) is 0 Å². The van der Waals surface area contributed by atoms with Gasteiger partial charge in [-0.3, -0.25) is 14.0 Å². The number of carbonyl (C=O) groups is 2. The van der Waals surface area contributed by atoms with E-state index in [1.807, 2.05) is 43.3 Å². The highest BCUT2D eigenvalue weighted by Crippen LogP contribution is 2.33. The first-order valence-corrected chi connectivity index (χ1v) is 9.78. The summed E-state index contributed by atoms with van der Waals surface area (Å²) < 4.78 is 1.70. The summed E-state index contributed by atoms with van der Waals surface area (Å²) in [5, 5.41) is 2.89. The van der Waals surface area contributed by atoms with E-state index in [0.29, 0.717) is 17.8 Å². The summed E-state index contributed by atoms with van der Waals surface area (Å²) in [5.74, 6) is -0.187. The van der Waals surface area contributed by atoms with Crippen LogP contribution in [-0.2, 0) is 6.42 Å². The molecule has 1 unspecified atom stereocenters. The lowest BCUT2D eigenvalue weighted by Crippen LogP contribution is -2.36. The third-order valence-electron chi connectivity index (χ3n) is 5.20. The highest BCUT2D eigenvalue weighted by atomic mass is 16.2. The van der Waals surface area contributed by atoms with Crippen LogP contribution < -0.4 is 10.2 Å². The number of amides is 2. The molecule has 6 nitrogen and oxygen atoms in total. The molecule has 0 saturated heterocycles. The van der Waals surface area contributed by atoms with Gasteiger partial charge in [-0.15, -0.1) is 0 Å². The largest absolute Gasteiger partial charge is 0.349 e. The minimum atomic E-state index is -0.261. The van der Waals surface area contributed by atoms with Gasteiger partial charge in [-0.05, 0) is 43.5 Å². The number of rotatable bonds is 5. The predicted molar refractivity (Wildman–Crippen MR) is 109 cm³/mol. The fourth-order valence-corrected chi connectivity index (χ4v) is 3.80. The highest BCUT2D eigenvalue weighted by Gasteiger charge is 2.34. The standard InChI is InChI=1S/C22H24N4O2/c1-3-4-12-23-21(27)20-24-19(18-11-7-8-13-25(18)20)22(28)26-15(2)14-16-9-5-6-10-17(16)26/h5-11,13,15H,3-4,12,14H2,1-2H3,(H,23,27). The number of nitrogens with one attached hydrogen (secondary N) is 1. The van der Waals surface area contributed by atoms with Crippen LogP contribution in [0, 0.1) is 0 Å². The number of benzene rings is 1. The molecule has 1 atom stereocenters. The van der Waals surface area contributed by atoms with Crippen LogP contribution in [0.5, 0.6) is 0 Å². The Morgan fingerprint density at radius 1 is 1.18 bits per heavy atom. The second-order valence-corrected chi connectivity index (χ2v) is 7.21. The third-order valence-corrected chi connectivity index (χ3v) is 5.20. The Labute approximate surface area is 164 Å². The molecule has 1 N–H and O–H groups in total. The van der Waals surface area contributed by atoms with Crippen molar-refractivity contribution >= 4 is 23.0 Å². The maximum atomic E-state index is 13.4. The molecule has 0 aliphatic carbocycles. The van der Waals surface area contributed by atoms with Crippen LogP contribution >= 0.6 is 0 Å². The van der Waals surface area contributed by atoms with Gasteiger partial charge < -0.3 is 10.2 Å². The van der Waals surface area contributed by atoms with E-state index in [9.17, 15) is 9.59 Å². The normalized spacial score (nSPS) is 15.6. The SMILES string of the molecule is CCCCNC(=O)c1nc(C(=O)N2c3ccccc3CC2C)c2ccccn12. The molecule has 1 aromatic carbocycles. The van der Waals surface area contributed by atoms with Crippen molar-refractivity contribution in [3.05, 3.63) is 65.7 Å². The number of aromatic nitrogens is 2. The van der Waals surface area contributed by atoms with Gasteiger partial charge in [0.05, 0.1) is 5.52 Å². The fraction of sp³-hybridized carbons (Fsp3) is 0.318. The van der Waals surface area contributed by atoms with Gasteiger partial charge in [0.2, 0.25) is 5.82 Å². The Morgan fingerprint density at radius 2 is 1.96 bits per heavy atom. The number of imidazole rings is 1. The number of hydrogen-bond acceptors (Lipinski definition) is 3. The molecule has 6 heteroatoms. The molecule has 0 saturated carbocycles. The topological polar surface area (TPSA) is 66.7 Å². The van der Waals surface area contributed by atoms with E-state index in [1.54, 1.807) is 15.5 Å². The zero-order chi connectivity index (χ0) is 19.7. The summed E-state index contributed by atoms with van der Waals surface area (Å²) in [7, 11) is 0. The number of para-hydroxylation sites is 1. The third kappa shape index (κ3) is 3.05. The first-order valence-electron chi connectivity index (χ1n) is 9.78. The molecule has 1 aliphatic rings. The summed E-state index contributed by atoms with van der Waals surface area (Å²) >= 11 is 0. The van der Waals surface area contributed by atoms with Crippen LogP contribution in [0.4, 0.5) is 5.69 Å². The number of unbranched alkanes of at least 4 members (excludes halogenated alkanes) is 1. The van der Waals surface area contributed by atoms with E-state index in [4.69, 9.17) is 0 Å². The highest BCUT2D eigenvalue weighted by molar-refractivity contribution is 6.11. The Hall–Kier alpha value is -3.15. The van der Waals surface area contributed by atoms with Gasteiger partial charge in [0.1, 0.15) is 0 Å². The average Bonchev–Trinajstić information content (AvgIpc) is 3.25. The molecule has 4 rings (SSSR count). The van der Waals surface area contributed by atoms with Crippen LogP contribution in [0.1, 0.15) is 53.4 Å². The number of anilines is 1. The minimum Gasteiger partial charge on any atom is -0.349 e. The van der Waals surface area contributed by atoms with Crippen LogP contribution in [0.15, 0.2) is 48.7 Å². The van der Waals surface area contributed by atoms with E-state index in [1.165, 1.54) is 0 Å². The van der Waals surface area contributed by atoms with Crippen molar-refractivity contribution in [2.45, 2.75) is 39.2 Å². The van der Waals surface area contributed by atoms with E-state index >= 15 is 0 Å². The summed E-state index contributed by atoms with van der Waals surface area (Å²) in [5.41, 5.74) is 3.03. The van der Waals surface area contributed by atoms with Crippen molar-refractivity contribution in [3.8, 4) is 0 Å². The van der Waals surface area contributed by atoms with Crippen molar-refractivity contribution in [1.82, 2.24) is 14.7 Å². The number of nitrogens with zero attached hydrogens (tertiary/aromatic N) is 3. The van der Waals surface area contributed by atoms with Gasteiger partial charge >= 0.3 is 0 Å². The van der Waals surface area contributed by atoms with E-state index in [2.05, 4.69) is 23.3 Å². The summed E-state index contributed by atoms with van der Waals surface area (Å²) in [6.45, 7) is 4.70. The summed E-state index contributed by atoms with van der Waals surface area (Å²) in [6.07, 6.45) is 4.49. The Balaban J connectivity index is 1.73. The zero-order valence-corrected chi connectivity index (χ0v) is 16.2. The molecule has 2 amide bonds. The number of fused-ring (bicyclic) bond motifs is 2. The van der Waals surface area contributed by atoms with Crippen molar-refractivity contribution < 1.29 is 9.59 Å². The van der Waals surface area contributed by atoms with Crippen molar-refractivity contribution in [1.29, 1.82) is 0 Å². The smallest absolute Gasteiger partial charge is 0.287 e. The first-order chi connectivity index (χ1) is 13.6. The molecule has 0 radical (unpaired) electrons. The molecule has 3 heterocycles. The van der Waals surface area contributed by atoms with Crippen molar-refractivity contribution in [2.24, 2.45) is 0 Å². The average molecular weight is 376 g/mol.